The molecule has 2 aromatic carbocycles. The highest BCUT2D eigenvalue weighted by Gasteiger charge is 2.43. The van der Waals surface area contributed by atoms with E-state index in [1.165, 1.54) is 5.69 Å². The fourth-order valence-electron chi connectivity index (χ4n) is 5.86. The molecule has 5 rings (SSSR count). The number of hydrogen-bond acceptors (Lipinski definition) is 6. The Morgan fingerprint density at radius 2 is 1.61 bits per heavy atom. The third-order valence-electron chi connectivity index (χ3n) is 7.85. The lowest BCUT2D eigenvalue weighted by Gasteiger charge is -2.41. The van der Waals surface area contributed by atoms with Crippen LogP contribution >= 0.6 is 0 Å². The number of carbonyl (C=O) groups excluding carboxylic acids is 2. The summed E-state index contributed by atoms with van der Waals surface area (Å²) in [6.45, 7) is 4.83. The van der Waals surface area contributed by atoms with Crippen LogP contribution in [0.5, 0.6) is 5.75 Å². The van der Waals surface area contributed by atoms with Gasteiger partial charge in [-0.1, -0.05) is 24.3 Å². The monoisotopic (exact) mass is 492 g/mol. The molecule has 0 aliphatic carbocycles. The van der Waals surface area contributed by atoms with Crippen molar-refractivity contribution in [3.8, 4) is 5.75 Å². The first-order chi connectivity index (χ1) is 17.5. The Morgan fingerprint density at radius 3 is 2.31 bits per heavy atom. The lowest BCUT2D eigenvalue weighted by Crippen LogP contribution is -2.56. The van der Waals surface area contributed by atoms with Gasteiger partial charge in [0.15, 0.2) is 0 Å². The zero-order valence-electron chi connectivity index (χ0n) is 21.0. The summed E-state index contributed by atoms with van der Waals surface area (Å²) in [6.07, 6.45) is 1.60. The molecule has 3 fully saturated rings. The summed E-state index contributed by atoms with van der Waals surface area (Å²) in [5.41, 5.74) is 1.82. The van der Waals surface area contributed by atoms with Crippen molar-refractivity contribution < 1.29 is 19.4 Å². The maximum atomic E-state index is 13.5. The van der Waals surface area contributed by atoms with Gasteiger partial charge in [-0.15, -0.1) is 0 Å². The van der Waals surface area contributed by atoms with Crippen molar-refractivity contribution in [2.45, 2.75) is 37.5 Å². The van der Waals surface area contributed by atoms with Gasteiger partial charge < -0.3 is 24.5 Å². The minimum Gasteiger partial charge on any atom is -0.497 e. The topological polar surface area (TPSA) is 76.6 Å². The number of amides is 2. The Hall–Kier alpha value is -3.10. The quantitative estimate of drug-likeness (QED) is 0.689. The zero-order chi connectivity index (χ0) is 25.1. The fraction of sp³-hybridized carbons (Fsp3) is 0.500. The molecule has 3 heterocycles. The van der Waals surface area contributed by atoms with Crippen molar-refractivity contribution in [3.63, 3.8) is 0 Å². The second-order valence-corrected chi connectivity index (χ2v) is 10.0. The SMILES string of the molecule is COc1cccc(C(=O)N2CCC(N3C[C@H](O)C[C@H]3C(=O)N3CCN(c4ccccc4)CC3)CC2)c1. The molecule has 8 heteroatoms. The number of piperidine rings is 1. The van der Waals surface area contributed by atoms with E-state index in [-0.39, 0.29) is 23.9 Å². The van der Waals surface area contributed by atoms with Gasteiger partial charge in [0.05, 0.1) is 19.3 Å². The highest BCUT2D eigenvalue weighted by molar-refractivity contribution is 5.94. The molecule has 3 aliphatic heterocycles. The lowest BCUT2D eigenvalue weighted by atomic mass is 10.0. The number of para-hydroxylation sites is 1. The molecular weight excluding hydrogens is 456 g/mol. The van der Waals surface area contributed by atoms with E-state index in [4.69, 9.17) is 4.74 Å². The average Bonchev–Trinajstić information content (AvgIpc) is 3.34. The third kappa shape index (κ3) is 5.20. The molecule has 0 aromatic heterocycles. The van der Waals surface area contributed by atoms with Crippen molar-refractivity contribution in [1.29, 1.82) is 0 Å². The lowest BCUT2D eigenvalue weighted by molar-refractivity contribution is -0.137. The number of carbonyl (C=O) groups is 2. The van der Waals surface area contributed by atoms with Gasteiger partial charge in [-0.3, -0.25) is 14.5 Å². The zero-order valence-corrected chi connectivity index (χ0v) is 21.0. The number of hydrogen-bond donors (Lipinski definition) is 1. The molecule has 0 unspecified atom stereocenters. The van der Waals surface area contributed by atoms with Gasteiger partial charge in [-0.05, 0) is 49.6 Å². The number of methoxy groups -OCH3 is 1. The molecule has 2 atom stereocenters. The maximum Gasteiger partial charge on any atom is 0.253 e. The van der Waals surface area contributed by atoms with E-state index in [9.17, 15) is 14.7 Å². The van der Waals surface area contributed by atoms with Gasteiger partial charge in [-0.25, -0.2) is 0 Å². The van der Waals surface area contributed by atoms with Crippen LogP contribution in [0.1, 0.15) is 29.6 Å². The van der Waals surface area contributed by atoms with Gasteiger partial charge in [0.25, 0.3) is 5.91 Å². The summed E-state index contributed by atoms with van der Waals surface area (Å²) in [7, 11) is 1.60. The first-order valence-electron chi connectivity index (χ1n) is 13.0. The highest BCUT2D eigenvalue weighted by Crippen LogP contribution is 2.29. The summed E-state index contributed by atoms with van der Waals surface area (Å²) < 4.78 is 5.26. The minimum atomic E-state index is -0.485. The molecule has 192 valence electrons. The molecule has 2 amide bonds. The van der Waals surface area contributed by atoms with Gasteiger partial charge in [0.1, 0.15) is 5.75 Å². The number of aliphatic hydroxyl groups is 1. The van der Waals surface area contributed by atoms with Crippen LogP contribution < -0.4 is 9.64 Å². The van der Waals surface area contributed by atoms with E-state index in [0.29, 0.717) is 50.5 Å². The van der Waals surface area contributed by atoms with Crippen LogP contribution in [0.3, 0.4) is 0 Å². The van der Waals surface area contributed by atoms with Gasteiger partial charge in [0, 0.05) is 63.1 Å². The van der Waals surface area contributed by atoms with Crippen molar-refractivity contribution in [1.82, 2.24) is 14.7 Å². The number of piperazine rings is 1. The van der Waals surface area contributed by atoms with Crippen LogP contribution in [0, 0.1) is 0 Å². The molecule has 3 saturated heterocycles. The predicted octanol–water partition coefficient (Wildman–Crippen LogP) is 2.08. The van der Waals surface area contributed by atoms with Crippen molar-refractivity contribution in [3.05, 3.63) is 60.2 Å². The molecule has 3 aliphatic rings. The highest BCUT2D eigenvalue weighted by atomic mass is 16.5. The van der Waals surface area contributed by atoms with Crippen LogP contribution in [-0.4, -0.2) is 103 Å². The molecule has 0 bridgehead atoms. The molecule has 1 N–H and O–H groups in total. The molecular formula is C28H36N4O4. The first-order valence-corrected chi connectivity index (χ1v) is 13.0. The number of ether oxygens (including phenoxy) is 1. The second kappa shape index (κ2) is 10.9. The summed E-state index contributed by atoms with van der Waals surface area (Å²) >= 11 is 0. The van der Waals surface area contributed by atoms with E-state index in [1.807, 2.05) is 46.2 Å². The van der Waals surface area contributed by atoms with E-state index < -0.39 is 6.10 Å². The number of anilines is 1. The van der Waals surface area contributed by atoms with Crippen LogP contribution in [0.15, 0.2) is 54.6 Å². The Kier molecular flexibility index (Phi) is 7.43. The normalized spacial score (nSPS) is 23.7. The first kappa shape index (κ1) is 24.6. The van der Waals surface area contributed by atoms with Crippen LogP contribution in [0.2, 0.25) is 0 Å². The number of nitrogens with zero attached hydrogens (tertiary/aromatic N) is 4. The van der Waals surface area contributed by atoms with Crippen molar-refractivity contribution >= 4 is 17.5 Å². The molecule has 36 heavy (non-hydrogen) atoms. The van der Waals surface area contributed by atoms with Gasteiger partial charge >= 0.3 is 0 Å². The number of likely N-dealkylation sites (tertiary alicyclic amines) is 2. The summed E-state index contributed by atoms with van der Waals surface area (Å²) in [5, 5.41) is 10.5. The van der Waals surface area contributed by atoms with Crippen molar-refractivity contribution in [2.75, 3.05) is 57.8 Å². The minimum absolute atomic E-state index is 0.0118. The Balaban J connectivity index is 1.17. The molecule has 0 spiro atoms. The molecule has 0 saturated carbocycles. The second-order valence-electron chi connectivity index (χ2n) is 10.0. The predicted molar refractivity (Wildman–Crippen MR) is 138 cm³/mol. The number of aliphatic hydroxyl groups excluding tert-OH is 1. The Bertz CT molecular complexity index is 1050. The fourth-order valence-corrected chi connectivity index (χ4v) is 5.86. The Labute approximate surface area is 213 Å². The van der Waals surface area contributed by atoms with E-state index >= 15 is 0 Å². The number of benzene rings is 2. The van der Waals surface area contributed by atoms with E-state index in [2.05, 4.69) is 21.9 Å². The summed E-state index contributed by atoms with van der Waals surface area (Å²) in [5.74, 6) is 0.819. The standard InChI is InChI=1S/C28H36N4O4/c1-36-25-9-5-6-21(18-25)27(34)30-12-10-23(11-13-30)32-20-24(33)19-26(32)28(35)31-16-14-29(15-17-31)22-7-3-2-4-8-22/h2-9,18,23-24,26,33H,10-17,19-20H2,1H3/t24-,26+/m1/s1. The van der Waals surface area contributed by atoms with Crippen LogP contribution in [0.25, 0.3) is 0 Å². The van der Waals surface area contributed by atoms with E-state index in [1.54, 1.807) is 13.2 Å². The largest absolute Gasteiger partial charge is 0.497 e. The number of β-amino-alcohol motifs (C(OH)–C–C–N with tert-alkyl or cyclic N) is 1. The summed E-state index contributed by atoms with van der Waals surface area (Å²) in [6, 6.07) is 17.5. The maximum absolute atomic E-state index is 13.5. The van der Waals surface area contributed by atoms with Gasteiger partial charge in [0.2, 0.25) is 5.91 Å². The van der Waals surface area contributed by atoms with Crippen molar-refractivity contribution in [2.24, 2.45) is 0 Å². The molecule has 0 radical (unpaired) electrons. The van der Waals surface area contributed by atoms with Gasteiger partial charge in [-0.2, -0.15) is 0 Å². The number of rotatable bonds is 5. The third-order valence-corrected chi connectivity index (χ3v) is 7.85. The smallest absolute Gasteiger partial charge is 0.253 e. The van der Waals surface area contributed by atoms with E-state index in [0.717, 1.165) is 25.9 Å². The summed E-state index contributed by atoms with van der Waals surface area (Å²) in [4.78, 5) is 34.9. The molecule has 8 nitrogen and oxygen atoms in total. The Morgan fingerprint density at radius 1 is 0.889 bits per heavy atom. The van der Waals surface area contributed by atoms with Crippen LogP contribution in [0.4, 0.5) is 5.69 Å². The molecule has 2 aromatic rings. The average molecular weight is 493 g/mol. The van der Waals surface area contributed by atoms with Crippen LogP contribution in [-0.2, 0) is 4.79 Å².